The molecule has 0 spiro atoms. The van der Waals surface area contributed by atoms with E-state index in [1.165, 1.54) is 6.07 Å². The van der Waals surface area contributed by atoms with E-state index in [1.54, 1.807) is 24.3 Å². The minimum absolute atomic E-state index is 0.0430. The molecule has 0 aliphatic carbocycles. The maximum atomic E-state index is 11.0. The highest BCUT2D eigenvalue weighted by molar-refractivity contribution is 9.10. The fourth-order valence-corrected chi connectivity index (χ4v) is 3.43. The van der Waals surface area contributed by atoms with Crippen LogP contribution in [0.1, 0.15) is 16.0 Å². The lowest BCUT2D eigenvalue weighted by Gasteiger charge is -2.11. The molecule has 6 heteroatoms. The molecule has 0 amide bonds. The Bertz CT molecular complexity index is 629. The Morgan fingerprint density at radius 2 is 1.95 bits per heavy atom. The van der Waals surface area contributed by atoms with Crippen LogP contribution in [0.4, 0.5) is 5.69 Å². The highest BCUT2D eigenvalue weighted by Gasteiger charge is 2.17. The molecule has 104 valence electrons. The fraction of sp³-hybridized carbons (Fsp3) is 0.143. The Morgan fingerprint density at radius 1 is 1.25 bits per heavy atom. The highest BCUT2D eigenvalue weighted by atomic mass is 79.9. The van der Waals surface area contributed by atoms with Crippen molar-refractivity contribution >= 4 is 49.1 Å². The second-order valence-electron chi connectivity index (χ2n) is 4.26. The van der Waals surface area contributed by atoms with E-state index in [0.717, 1.165) is 10.0 Å². The van der Waals surface area contributed by atoms with Crippen LogP contribution < -0.4 is 0 Å². The van der Waals surface area contributed by atoms with Crippen molar-refractivity contribution in [2.45, 2.75) is 11.2 Å². The van der Waals surface area contributed by atoms with Crippen LogP contribution in [0.2, 0.25) is 5.02 Å². The van der Waals surface area contributed by atoms with E-state index in [0.29, 0.717) is 17.0 Å². The quantitative estimate of drug-likeness (QED) is 0.363. The molecule has 0 bridgehead atoms. The molecule has 0 radical (unpaired) electrons. The molecule has 1 atom stereocenters. The molecule has 0 saturated heterocycles. The van der Waals surface area contributed by atoms with Crippen LogP contribution in [0.5, 0.6) is 0 Å². The van der Waals surface area contributed by atoms with Gasteiger partial charge in [-0.25, -0.2) is 0 Å². The molecule has 3 nitrogen and oxygen atoms in total. The topological polar surface area (TPSA) is 43.1 Å². The Labute approximate surface area is 138 Å². The lowest BCUT2D eigenvalue weighted by Crippen LogP contribution is -2.00. The zero-order chi connectivity index (χ0) is 14.7. The van der Waals surface area contributed by atoms with Gasteiger partial charge in [0.25, 0.3) is 5.69 Å². The van der Waals surface area contributed by atoms with Gasteiger partial charge < -0.3 is 0 Å². The van der Waals surface area contributed by atoms with E-state index in [9.17, 15) is 10.1 Å². The van der Waals surface area contributed by atoms with Crippen LogP contribution in [0.3, 0.4) is 0 Å². The molecule has 0 N–H and O–H groups in total. The van der Waals surface area contributed by atoms with Gasteiger partial charge in [0.15, 0.2) is 0 Å². The fourth-order valence-electron chi connectivity index (χ4n) is 1.93. The van der Waals surface area contributed by atoms with Crippen molar-refractivity contribution in [3.8, 4) is 0 Å². The maximum absolute atomic E-state index is 11.0. The number of halogens is 3. The van der Waals surface area contributed by atoms with Crippen LogP contribution in [-0.2, 0) is 6.42 Å². The van der Waals surface area contributed by atoms with Crippen molar-refractivity contribution in [1.29, 1.82) is 0 Å². The summed E-state index contributed by atoms with van der Waals surface area (Å²) in [6, 6.07) is 12.3. The van der Waals surface area contributed by atoms with Crippen LogP contribution in [0, 0.1) is 10.1 Å². The van der Waals surface area contributed by atoms with Crippen LogP contribution in [0.25, 0.3) is 0 Å². The van der Waals surface area contributed by atoms with Crippen molar-refractivity contribution in [1.82, 2.24) is 0 Å². The first-order chi connectivity index (χ1) is 9.47. The third-order valence-electron chi connectivity index (χ3n) is 2.83. The molecule has 1 unspecified atom stereocenters. The summed E-state index contributed by atoms with van der Waals surface area (Å²) in [5.74, 6) is 0. The van der Waals surface area contributed by atoms with E-state index in [-0.39, 0.29) is 15.4 Å². The monoisotopic (exact) mass is 417 g/mol. The normalized spacial score (nSPS) is 12.2. The zero-order valence-corrected chi connectivity index (χ0v) is 14.2. The SMILES string of the molecule is O=[N+]([O-])c1ccccc1CC(Br)c1cc(Cl)cc(Br)c1. The van der Waals surface area contributed by atoms with Crippen molar-refractivity contribution in [3.05, 3.63) is 73.2 Å². The molecule has 0 aliphatic heterocycles. The molecule has 2 rings (SSSR count). The van der Waals surface area contributed by atoms with Gasteiger partial charge in [-0.1, -0.05) is 61.7 Å². The predicted molar refractivity (Wildman–Crippen MR) is 87.6 cm³/mol. The summed E-state index contributed by atoms with van der Waals surface area (Å²) < 4.78 is 0.881. The molecular formula is C14H10Br2ClNO2. The maximum Gasteiger partial charge on any atom is 0.272 e. The van der Waals surface area contributed by atoms with Gasteiger partial charge in [0.2, 0.25) is 0 Å². The molecule has 2 aromatic rings. The second kappa shape index (κ2) is 6.70. The Morgan fingerprint density at radius 3 is 2.60 bits per heavy atom. The van der Waals surface area contributed by atoms with Crippen LogP contribution in [0.15, 0.2) is 46.9 Å². The molecule has 0 aromatic heterocycles. The number of hydrogen-bond acceptors (Lipinski definition) is 2. The summed E-state index contributed by atoms with van der Waals surface area (Å²) in [5.41, 5.74) is 1.80. The Kier molecular flexibility index (Phi) is 5.18. The number of para-hydroxylation sites is 1. The number of rotatable bonds is 4. The number of nitro groups is 1. The molecule has 0 heterocycles. The highest BCUT2D eigenvalue weighted by Crippen LogP contribution is 2.33. The standard InChI is InChI=1S/C14H10Br2ClNO2/c15-11-5-10(6-12(17)8-11)13(16)7-9-3-1-2-4-14(9)18(19)20/h1-6,8,13H,7H2. The van der Waals surface area contributed by atoms with E-state index in [2.05, 4.69) is 31.9 Å². The summed E-state index contributed by atoms with van der Waals surface area (Å²) in [4.78, 5) is 10.6. The minimum Gasteiger partial charge on any atom is -0.258 e. The first kappa shape index (κ1) is 15.5. The smallest absolute Gasteiger partial charge is 0.258 e. The van der Waals surface area contributed by atoms with Gasteiger partial charge in [0.1, 0.15) is 0 Å². The average Bonchev–Trinajstić information content (AvgIpc) is 2.37. The molecule has 0 aliphatic rings. The molecular weight excluding hydrogens is 409 g/mol. The van der Waals surface area contributed by atoms with Gasteiger partial charge in [0.05, 0.1) is 4.92 Å². The Balaban J connectivity index is 2.28. The zero-order valence-electron chi connectivity index (χ0n) is 10.2. The van der Waals surface area contributed by atoms with Gasteiger partial charge >= 0.3 is 0 Å². The Hall–Kier alpha value is -0.910. The number of nitro benzene ring substituents is 1. The van der Waals surface area contributed by atoms with E-state index >= 15 is 0 Å². The number of benzene rings is 2. The van der Waals surface area contributed by atoms with Gasteiger partial charge in [0, 0.05) is 26.0 Å². The summed E-state index contributed by atoms with van der Waals surface area (Å²) in [6.07, 6.45) is 0.518. The first-order valence-corrected chi connectivity index (χ1v) is 7.88. The largest absolute Gasteiger partial charge is 0.272 e. The van der Waals surface area contributed by atoms with Crippen molar-refractivity contribution < 1.29 is 4.92 Å². The average molecular weight is 420 g/mol. The molecule has 2 aromatic carbocycles. The molecule has 0 fully saturated rings. The van der Waals surface area contributed by atoms with Gasteiger partial charge in [-0.05, 0) is 30.2 Å². The second-order valence-corrected chi connectivity index (χ2v) is 6.72. The van der Waals surface area contributed by atoms with E-state index in [4.69, 9.17) is 11.6 Å². The van der Waals surface area contributed by atoms with Crippen molar-refractivity contribution in [2.24, 2.45) is 0 Å². The number of nitrogens with zero attached hydrogens (tertiary/aromatic N) is 1. The van der Waals surface area contributed by atoms with E-state index < -0.39 is 0 Å². The lowest BCUT2D eigenvalue weighted by molar-refractivity contribution is -0.385. The number of alkyl halides is 1. The summed E-state index contributed by atoms with van der Waals surface area (Å²) in [6.45, 7) is 0. The van der Waals surface area contributed by atoms with Crippen LogP contribution in [-0.4, -0.2) is 4.92 Å². The van der Waals surface area contributed by atoms with Gasteiger partial charge in [-0.2, -0.15) is 0 Å². The lowest BCUT2D eigenvalue weighted by atomic mass is 10.0. The first-order valence-electron chi connectivity index (χ1n) is 5.79. The summed E-state index contributed by atoms with van der Waals surface area (Å²) in [5, 5.41) is 11.6. The summed E-state index contributed by atoms with van der Waals surface area (Å²) >= 11 is 13.0. The van der Waals surface area contributed by atoms with Crippen LogP contribution >= 0.6 is 43.5 Å². The van der Waals surface area contributed by atoms with Crippen molar-refractivity contribution in [2.75, 3.05) is 0 Å². The molecule has 20 heavy (non-hydrogen) atoms. The third-order valence-corrected chi connectivity index (χ3v) is 4.36. The van der Waals surface area contributed by atoms with Crippen molar-refractivity contribution in [3.63, 3.8) is 0 Å². The van der Waals surface area contributed by atoms with Gasteiger partial charge in [-0.3, -0.25) is 10.1 Å². The predicted octanol–water partition coefficient (Wildman–Crippen LogP) is 5.69. The van der Waals surface area contributed by atoms with Gasteiger partial charge in [-0.15, -0.1) is 0 Å². The molecule has 0 saturated carbocycles. The number of hydrogen-bond donors (Lipinski definition) is 0. The minimum atomic E-state index is -0.358. The van der Waals surface area contributed by atoms with E-state index in [1.807, 2.05) is 12.1 Å². The third kappa shape index (κ3) is 3.81. The summed E-state index contributed by atoms with van der Waals surface area (Å²) in [7, 11) is 0.